The minimum atomic E-state index is -0.475. The van der Waals surface area contributed by atoms with Crippen LogP contribution >= 0.6 is 0 Å². The molecule has 43 heavy (non-hydrogen) atoms. The van der Waals surface area contributed by atoms with E-state index >= 15 is 0 Å². The number of aliphatic hydroxyl groups is 2. The third-order valence-corrected chi connectivity index (χ3v) is 15.9. The predicted octanol–water partition coefficient (Wildman–Crippen LogP) is 5.16. The molecule has 1 amide bonds. The Hall–Kier alpha value is -0.730. The summed E-state index contributed by atoms with van der Waals surface area (Å²) < 4.78 is 19.4. The Morgan fingerprint density at radius 3 is 2.49 bits per heavy atom. The van der Waals surface area contributed by atoms with Crippen LogP contribution in [0.4, 0.5) is 0 Å². The molecule has 2 spiro atoms. The maximum atomic E-state index is 12.8. The first-order chi connectivity index (χ1) is 20.4. The van der Waals surface area contributed by atoms with Crippen LogP contribution < -0.4 is 0 Å². The van der Waals surface area contributed by atoms with Gasteiger partial charge in [-0.2, -0.15) is 0 Å². The minimum absolute atomic E-state index is 0.0340. The lowest BCUT2D eigenvalue weighted by Gasteiger charge is -2.64. The Morgan fingerprint density at radius 2 is 1.74 bits per heavy atom. The molecule has 6 saturated carbocycles. The van der Waals surface area contributed by atoms with Crippen LogP contribution in [-0.4, -0.2) is 78.0 Å². The lowest BCUT2D eigenvalue weighted by atomic mass is 9.41. The van der Waals surface area contributed by atoms with E-state index in [1.165, 1.54) is 51.4 Å². The summed E-state index contributed by atoms with van der Waals surface area (Å²) in [7, 11) is 0. The van der Waals surface area contributed by atoms with Crippen molar-refractivity contribution in [2.24, 2.45) is 56.7 Å². The molecule has 2 saturated heterocycles. The van der Waals surface area contributed by atoms with Crippen LogP contribution in [0.15, 0.2) is 0 Å². The van der Waals surface area contributed by atoms with Crippen LogP contribution in [0.1, 0.15) is 105 Å². The number of carbonyl (C=O) groups is 1. The molecule has 2 N–H and O–H groups in total. The number of hydrogen-bond donors (Lipinski definition) is 2. The van der Waals surface area contributed by atoms with Gasteiger partial charge in [0.25, 0.3) is 0 Å². The minimum Gasteiger partial charge on any atom is -0.394 e. The van der Waals surface area contributed by atoms with E-state index in [1.807, 2.05) is 4.90 Å². The van der Waals surface area contributed by atoms with Crippen molar-refractivity contribution in [3.63, 3.8) is 0 Å². The van der Waals surface area contributed by atoms with E-state index in [-0.39, 0.29) is 53.4 Å². The molecule has 7 nitrogen and oxygen atoms in total. The Morgan fingerprint density at radius 1 is 1.00 bits per heavy atom. The number of hydrogen-bond acceptors (Lipinski definition) is 6. The number of morpholine rings is 1. The van der Waals surface area contributed by atoms with Crippen LogP contribution in [0.3, 0.4) is 0 Å². The van der Waals surface area contributed by atoms with Gasteiger partial charge in [-0.15, -0.1) is 0 Å². The SMILES string of the molecule is C[C@@H]1CC(CO)OC2C1C1(C)CCC34CC35CCC(OC3CN(C(=O)CC6CC6)CCO3)C(C)(C)[C@@H]5CCC4[C@]1(C)[C@H]2O. The molecule has 0 aromatic heterocycles. The van der Waals surface area contributed by atoms with Crippen LogP contribution in [0.25, 0.3) is 0 Å². The van der Waals surface area contributed by atoms with Gasteiger partial charge in [0.2, 0.25) is 5.91 Å². The molecule has 0 radical (unpaired) electrons. The number of amides is 1. The van der Waals surface area contributed by atoms with Gasteiger partial charge in [0.05, 0.1) is 44.2 Å². The highest BCUT2D eigenvalue weighted by Gasteiger charge is 2.84. The second-order valence-corrected chi connectivity index (χ2v) is 17.7. The van der Waals surface area contributed by atoms with Crippen molar-refractivity contribution in [1.29, 1.82) is 0 Å². The van der Waals surface area contributed by atoms with Crippen molar-refractivity contribution in [3.8, 4) is 0 Å². The molecule has 2 heterocycles. The molecule has 8 fully saturated rings. The summed E-state index contributed by atoms with van der Waals surface area (Å²) in [6.07, 6.45) is 11.4. The number of nitrogens with zero attached hydrogens (tertiary/aromatic N) is 1. The summed E-state index contributed by atoms with van der Waals surface area (Å²) in [5.74, 6) is 2.80. The quantitative estimate of drug-likeness (QED) is 0.454. The maximum Gasteiger partial charge on any atom is 0.223 e. The predicted molar refractivity (Wildman–Crippen MR) is 162 cm³/mol. The first kappa shape index (κ1) is 29.7. The van der Waals surface area contributed by atoms with Gasteiger partial charge in [-0.25, -0.2) is 0 Å². The lowest BCUT2D eigenvalue weighted by Crippen LogP contribution is -2.60. The summed E-state index contributed by atoms with van der Waals surface area (Å²) in [5, 5.41) is 22.2. The van der Waals surface area contributed by atoms with Gasteiger partial charge < -0.3 is 29.3 Å². The Labute approximate surface area is 258 Å². The van der Waals surface area contributed by atoms with Crippen molar-refractivity contribution in [3.05, 3.63) is 0 Å². The van der Waals surface area contributed by atoms with Gasteiger partial charge in [0.15, 0.2) is 6.29 Å². The Kier molecular flexibility index (Phi) is 6.66. The topological polar surface area (TPSA) is 88.5 Å². The van der Waals surface area contributed by atoms with E-state index < -0.39 is 6.10 Å². The molecule has 0 aromatic carbocycles. The van der Waals surface area contributed by atoms with E-state index in [0.717, 1.165) is 12.8 Å². The number of fused-ring (bicyclic) bond motifs is 4. The first-order valence-corrected chi connectivity index (χ1v) is 17.9. The van der Waals surface area contributed by atoms with Crippen LogP contribution in [0.2, 0.25) is 0 Å². The molecule has 8 aliphatic rings. The van der Waals surface area contributed by atoms with Gasteiger partial charge in [0, 0.05) is 18.4 Å². The van der Waals surface area contributed by atoms with E-state index in [4.69, 9.17) is 14.2 Å². The zero-order valence-electron chi connectivity index (χ0n) is 27.4. The van der Waals surface area contributed by atoms with Crippen molar-refractivity contribution in [2.75, 3.05) is 26.3 Å². The smallest absolute Gasteiger partial charge is 0.223 e. The fraction of sp³-hybridized carbons (Fsp3) is 0.972. The Balaban J connectivity index is 1.01. The molecule has 8 rings (SSSR count). The fourth-order valence-corrected chi connectivity index (χ4v) is 13.6. The average Bonchev–Trinajstić information content (AvgIpc) is 3.90. The third-order valence-electron chi connectivity index (χ3n) is 15.9. The van der Waals surface area contributed by atoms with E-state index in [9.17, 15) is 15.0 Å². The zero-order valence-corrected chi connectivity index (χ0v) is 27.4. The second kappa shape index (κ2) is 9.65. The highest BCUT2D eigenvalue weighted by molar-refractivity contribution is 5.76. The normalized spacial score (nSPS) is 55.0. The number of aliphatic hydroxyl groups excluding tert-OH is 2. The monoisotopic (exact) mass is 599 g/mol. The summed E-state index contributed by atoms with van der Waals surface area (Å²) in [4.78, 5) is 14.8. The highest BCUT2D eigenvalue weighted by Crippen LogP contribution is 2.89. The van der Waals surface area contributed by atoms with E-state index in [1.54, 1.807) is 0 Å². The van der Waals surface area contributed by atoms with Crippen molar-refractivity contribution >= 4 is 5.91 Å². The van der Waals surface area contributed by atoms with Gasteiger partial charge >= 0.3 is 0 Å². The summed E-state index contributed by atoms with van der Waals surface area (Å²) in [6.45, 7) is 14.0. The molecular formula is C36H57NO6. The third kappa shape index (κ3) is 3.87. The molecule has 2 aliphatic heterocycles. The highest BCUT2D eigenvalue weighted by atomic mass is 16.7. The molecule has 0 bridgehead atoms. The van der Waals surface area contributed by atoms with Crippen molar-refractivity contribution in [1.82, 2.24) is 4.90 Å². The first-order valence-electron chi connectivity index (χ1n) is 17.9. The summed E-state index contributed by atoms with van der Waals surface area (Å²) in [6, 6.07) is 0. The molecule has 9 unspecified atom stereocenters. The van der Waals surface area contributed by atoms with Gasteiger partial charge in [-0.3, -0.25) is 4.79 Å². The van der Waals surface area contributed by atoms with Crippen LogP contribution in [-0.2, 0) is 19.0 Å². The number of carbonyl (C=O) groups excluding carboxylic acids is 1. The molecule has 7 heteroatoms. The standard InChI is InChI=1S/C36H57NO6/c1-21-16-23(19-38)42-30-29(21)33(4)12-13-36-20-35(36)11-10-26(32(2,3)24(35)8-9-25(36)34(33,5)31(30)40)43-28-18-37(14-15-41-28)27(39)17-22-6-7-22/h21-26,28-31,38,40H,6-20H2,1-5H3/t21-,23?,24+,25?,26?,28?,29?,30?,31+,33?,34-,35?,36?/m1/s1. The van der Waals surface area contributed by atoms with Crippen LogP contribution in [0, 0.1) is 56.7 Å². The second-order valence-electron chi connectivity index (χ2n) is 17.7. The average molecular weight is 600 g/mol. The van der Waals surface area contributed by atoms with Crippen LogP contribution in [0.5, 0.6) is 0 Å². The van der Waals surface area contributed by atoms with Gasteiger partial charge in [-0.1, -0.05) is 34.6 Å². The molecule has 13 atom stereocenters. The van der Waals surface area contributed by atoms with E-state index in [0.29, 0.717) is 66.5 Å². The van der Waals surface area contributed by atoms with Crippen molar-refractivity contribution in [2.45, 2.75) is 136 Å². The largest absolute Gasteiger partial charge is 0.394 e. The fourth-order valence-electron chi connectivity index (χ4n) is 13.6. The molecular weight excluding hydrogens is 542 g/mol. The van der Waals surface area contributed by atoms with Gasteiger partial charge in [0.1, 0.15) is 0 Å². The lowest BCUT2D eigenvalue weighted by molar-refractivity contribution is -0.248. The number of ether oxygens (including phenoxy) is 3. The van der Waals surface area contributed by atoms with E-state index in [2.05, 4.69) is 34.6 Å². The van der Waals surface area contributed by atoms with Gasteiger partial charge in [-0.05, 0) is 115 Å². The summed E-state index contributed by atoms with van der Waals surface area (Å²) in [5.41, 5.74) is 0.578. The van der Waals surface area contributed by atoms with Crippen molar-refractivity contribution < 1.29 is 29.2 Å². The molecule has 6 aliphatic carbocycles. The Bertz CT molecular complexity index is 1140. The molecule has 0 aromatic rings. The summed E-state index contributed by atoms with van der Waals surface area (Å²) >= 11 is 0. The zero-order chi connectivity index (χ0) is 30.2. The number of rotatable bonds is 5. The maximum absolute atomic E-state index is 12.8. The molecule has 242 valence electrons.